The molecule has 2 aromatic heterocycles. The van der Waals surface area contributed by atoms with Gasteiger partial charge in [-0.15, -0.1) is 5.10 Å². The molecule has 1 aliphatic heterocycles. The lowest BCUT2D eigenvalue weighted by Gasteiger charge is -2.22. The Balaban J connectivity index is 1.34. The molecule has 0 radical (unpaired) electrons. The lowest BCUT2D eigenvalue weighted by Crippen LogP contribution is -2.42. The number of hydrogen-bond acceptors (Lipinski definition) is 7. The Labute approximate surface area is 212 Å². The van der Waals surface area contributed by atoms with Crippen molar-refractivity contribution >= 4 is 23.5 Å². The molecule has 4 aromatic rings. The minimum absolute atomic E-state index is 0.443. The average molecular weight is 500 g/mol. The van der Waals surface area contributed by atoms with Crippen LogP contribution in [0, 0.1) is 20.8 Å². The summed E-state index contributed by atoms with van der Waals surface area (Å²) in [7, 11) is 0. The number of benzene rings is 2. The second-order valence-electron chi connectivity index (χ2n) is 9.09. The van der Waals surface area contributed by atoms with Gasteiger partial charge in [0.25, 0.3) is 5.91 Å². The first-order chi connectivity index (χ1) is 17.7. The van der Waals surface area contributed by atoms with E-state index in [2.05, 4.69) is 31.3 Å². The van der Waals surface area contributed by atoms with E-state index in [1.165, 1.54) is 11.0 Å². The van der Waals surface area contributed by atoms with Crippen LogP contribution in [0.3, 0.4) is 0 Å². The van der Waals surface area contributed by atoms with Crippen LogP contribution < -0.4 is 10.6 Å². The molecule has 2 aromatic carbocycles. The van der Waals surface area contributed by atoms with Crippen molar-refractivity contribution in [2.75, 3.05) is 11.9 Å². The molecule has 0 spiro atoms. The zero-order valence-electron chi connectivity index (χ0n) is 20.8. The van der Waals surface area contributed by atoms with Crippen molar-refractivity contribution in [3.05, 3.63) is 77.4 Å². The van der Waals surface area contributed by atoms with Crippen molar-refractivity contribution in [3.63, 3.8) is 0 Å². The number of nitrogens with zero attached hydrogens (tertiary/aromatic N) is 7. The normalized spacial score (nSPS) is 17.2. The number of imide groups is 1. The summed E-state index contributed by atoms with van der Waals surface area (Å²) < 4.78 is 3.19. The van der Waals surface area contributed by atoms with E-state index in [1.807, 2.05) is 38.1 Å². The second kappa shape index (κ2) is 8.97. The number of aryl methyl sites for hydroxylation is 2. The fraction of sp³-hybridized carbons (Fsp3) is 0.240. The number of rotatable bonds is 6. The van der Waals surface area contributed by atoms with E-state index in [4.69, 9.17) is 0 Å². The Kier molecular flexibility index (Phi) is 5.78. The first kappa shape index (κ1) is 23.9. The Morgan fingerprint density at radius 1 is 1.05 bits per heavy atom. The highest BCUT2D eigenvalue weighted by molar-refractivity contribution is 6.10. The minimum atomic E-state index is -1.36. The Bertz CT molecular complexity index is 1510. The number of carbonyl (C=O) groups excluding carboxylic acids is 3. The van der Waals surface area contributed by atoms with Crippen LogP contribution in [-0.2, 0) is 15.1 Å². The molecule has 0 bridgehead atoms. The van der Waals surface area contributed by atoms with Crippen molar-refractivity contribution in [1.82, 2.24) is 40.2 Å². The maximum atomic E-state index is 13.4. The summed E-state index contributed by atoms with van der Waals surface area (Å²) in [6.45, 7) is 6.79. The van der Waals surface area contributed by atoms with E-state index in [0.717, 1.165) is 21.8 Å². The standard InChI is InChI=1S/C25H25N9O3/c1-15-8-10-19(11-9-15)34-17(3)22(16(2)29-34)27-21(35)13-32-23(36)25(4,28-24(32)37)18-6-5-7-20(12-18)33-14-26-30-31-33/h5-12,14H,13H2,1-4H3,(H,27,35)(H,28,37)/t25-/m0/s1. The van der Waals surface area contributed by atoms with Gasteiger partial charge in [0.15, 0.2) is 0 Å². The predicted octanol–water partition coefficient (Wildman–Crippen LogP) is 2.18. The van der Waals surface area contributed by atoms with Crippen molar-refractivity contribution in [1.29, 1.82) is 0 Å². The van der Waals surface area contributed by atoms with Crippen molar-refractivity contribution in [2.24, 2.45) is 0 Å². The molecule has 0 unspecified atom stereocenters. The van der Waals surface area contributed by atoms with Crippen LogP contribution in [-0.4, -0.2) is 59.3 Å². The lowest BCUT2D eigenvalue weighted by atomic mass is 9.91. The van der Waals surface area contributed by atoms with Gasteiger partial charge >= 0.3 is 6.03 Å². The quantitative estimate of drug-likeness (QED) is 0.388. The zero-order chi connectivity index (χ0) is 26.3. The minimum Gasteiger partial charge on any atom is -0.321 e. The summed E-state index contributed by atoms with van der Waals surface area (Å²) in [6.07, 6.45) is 1.43. The summed E-state index contributed by atoms with van der Waals surface area (Å²) in [5.41, 5.74) is 3.68. The van der Waals surface area contributed by atoms with Crippen LogP contribution >= 0.6 is 0 Å². The third kappa shape index (κ3) is 4.22. The number of carbonyl (C=O) groups is 3. The van der Waals surface area contributed by atoms with E-state index in [1.54, 1.807) is 42.8 Å². The van der Waals surface area contributed by atoms with Crippen LogP contribution in [0.25, 0.3) is 11.4 Å². The molecule has 2 N–H and O–H groups in total. The molecular formula is C25H25N9O3. The molecule has 0 aliphatic carbocycles. The first-order valence-electron chi connectivity index (χ1n) is 11.6. The molecule has 12 nitrogen and oxygen atoms in total. The summed E-state index contributed by atoms with van der Waals surface area (Å²) in [4.78, 5) is 40.0. The monoisotopic (exact) mass is 499 g/mol. The van der Waals surface area contributed by atoms with Gasteiger partial charge in [0.2, 0.25) is 5.91 Å². The van der Waals surface area contributed by atoms with Gasteiger partial charge in [-0.2, -0.15) is 5.10 Å². The highest BCUT2D eigenvalue weighted by Crippen LogP contribution is 2.30. The number of hydrogen-bond donors (Lipinski definition) is 2. The molecule has 1 saturated heterocycles. The van der Waals surface area contributed by atoms with Gasteiger partial charge in [0.1, 0.15) is 18.4 Å². The lowest BCUT2D eigenvalue weighted by molar-refractivity contribution is -0.133. The molecular weight excluding hydrogens is 474 g/mol. The van der Waals surface area contributed by atoms with Gasteiger partial charge in [0.05, 0.1) is 28.5 Å². The van der Waals surface area contributed by atoms with Crippen molar-refractivity contribution in [3.8, 4) is 11.4 Å². The molecule has 1 fully saturated rings. The largest absolute Gasteiger partial charge is 0.325 e. The average Bonchev–Trinajstić information content (AvgIpc) is 3.57. The van der Waals surface area contributed by atoms with Crippen LogP contribution in [0.4, 0.5) is 10.5 Å². The van der Waals surface area contributed by atoms with Gasteiger partial charge in [-0.25, -0.2) is 14.2 Å². The number of tetrazole rings is 1. The number of urea groups is 1. The van der Waals surface area contributed by atoms with E-state index < -0.39 is 29.9 Å². The number of amides is 4. The number of anilines is 1. The molecule has 0 saturated carbocycles. The Hall–Kier alpha value is -4.87. The maximum Gasteiger partial charge on any atom is 0.325 e. The topological polar surface area (TPSA) is 140 Å². The zero-order valence-corrected chi connectivity index (χ0v) is 20.8. The molecule has 1 aliphatic rings. The summed E-state index contributed by atoms with van der Waals surface area (Å²) in [5, 5.41) is 21.2. The second-order valence-corrected chi connectivity index (χ2v) is 9.09. The van der Waals surface area contributed by atoms with E-state index >= 15 is 0 Å². The van der Waals surface area contributed by atoms with Crippen molar-refractivity contribution < 1.29 is 14.4 Å². The van der Waals surface area contributed by atoms with Gasteiger partial charge in [0, 0.05) is 0 Å². The van der Waals surface area contributed by atoms with Gasteiger partial charge in [-0.3, -0.25) is 14.5 Å². The van der Waals surface area contributed by atoms with E-state index in [0.29, 0.717) is 22.6 Å². The summed E-state index contributed by atoms with van der Waals surface area (Å²) in [6, 6.07) is 14.2. The third-order valence-electron chi connectivity index (χ3n) is 6.45. The van der Waals surface area contributed by atoms with Crippen LogP contribution in [0.15, 0.2) is 54.9 Å². The first-order valence-corrected chi connectivity index (χ1v) is 11.6. The van der Waals surface area contributed by atoms with Gasteiger partial charge < -0.3 is 10.6 Å². The molecule has 5 rings (SSSR count). The fourth-order valence-electron chi connectivity index (χ4n) is 4.36. The molecule has 37 heavy (non-hydrogen) atoms. The van der Waals surface area contributed by atoms with Crippen molar-refractivity contribution in [2.45, 2.75) is 33.2 Å². The van der Waals surface area contributed by atoms with Crippen LogP contribution in [0.5, 0.6) is 0 Å². The third-order valence-corrected chi connectivity index (χ3v) is 6.45. The van der Waals surface area contributed by atoms with E-state index in [-0.39, 0.29) is 0 Å². The SMILES string of the molecule is Cc1ccc(-n2nc(C)c(NC(=O)CN3C(=O)N[C@@](C)(c4cccc(-n5cnnn5)c4)C3=O)c2C)cc1. The van der Waals surface area contributed by atoms with Gasteiger partial charge in [-0.1, -0.05) is 29.8 Å². The van der Waals surface area contributed by atoms with Gasteiger partial charge in [-0.05, 0) is 68.0 Å². The maximum absolute atomic E-state index is 13.4. The Morgan fingerprint density at radius 2 is 1.81 bits per heavy atom. The molecule has 12 heteroatoms. The van der Waals surface area contributed by atoms with E-state index in [9.17, 15) is 14.4 Å². The fourth-order valence-corrected chi connectivity index (χ4v) is 4.36. The summed E-state index contributed by atoms with van der Waals surface area (Å²) in [5.74, 6) is -1.05. The highest BCUT2D eigenvalue weighted by Gasteiger charge is 2.49. The predicted molar refractivity (Wildman–Crippen MR) is 133 cm³/mol. The molecule has 4 amide bonds. The summed E-state index contributed by atoms with van der Waals surface area (Å²) >= 11 is 0. The van der Waals surface area contributed by atoms with Crippen LogP contribution in [0.2, 0.25) is 0 Å². The smallest absolute Gasteiger partial charge is 0.321 e. The van der Waals surface area contributed by atoms with Crippen LogP contribution in [0.1, 0.15) is 29.4 Å². The molecule has 3 heterocycles. The number of nitrogens with one attached hydrogen (secondary N) is 2. The molecule has 1 atom stereocenters. The molecule has 188 valence electrons. The highest BCUT2D eigenvalue weighted by atomic mass is 16.2. The Morgan fingerprint density at radius 3 is 2.51 bits per heavy atom. The number of aromatic nitrogens is 6.